The van der Waals surface area contributed by atoms with Gasteiger partial charge in [0.25, 0.3) is 0 Å². The molecule has 1 aliphatic heterocycles. The van der Waals surface area contributed by atoms with Gasteiger partial charge in [-0.15, -0.1) is 0 Å². The zero-order valence-corrected chi connectivity index (χ0v) is 9.29. The van der Waals surface area contributed by atoms with Crippen molar-refractivity contribution in [1.29, 1.82) is 0 Å². The fraction of sp³-hybridized carbons (Fsp3) is 0.909. The lowest BCUT2D eigenvalue weighted by Crippen LogP contribution is -2.32. The Morgan fingerprint density at radius 2 is 2.29 bits per heavy atom. The van der Waals surface area contributed by atoms with Gasteiger partial charge >= 0.3 is 0 Å². The Morgan fingerprint density at radius 3 is 2.86 bits per heavy atom. The standard InChI is InChI=1S/C11H21NO2/c1-3-7-14-9-11(13)12-6-5-10(4-2)8-12/h10H,3-9H2,1-2H3. The molecule has 0 aromatic rings. The molecule has 0 aromatic heterocycles. The number of hydrogen-bond donors (Lipinski definition) is 0. The van der Waals surface area contributed by atoms with E-state index >= 15 is 0 Å². The van der Waals surface area contributed by atoms with Crippen LogP contribution in [0.5, 0.6) is 0 Å². The number of carbonyl (C=O) groups is 1. The van der Waals surface area contributed by atoms with Crippen LogP contribution in [-0.2, 0) is 9.53 Å². The van der Waals surface area contributed by atoms with E-state index in [0.717, 1.165) is 25.9 Å². The summed E-state index contributed by atoms with van der Waals surface area (Å²) in [6.07, 6.45) is 3.32. The third kappa shape index (κ3) is 3.29. The van der Waals surface area contributed by atoms with Gasteiger partial charge in [0.1, 0.15) is 6.61 Å². The average Bonchev–Trinajstić information content (AvgIpc) is 2.66. The van der Waals surface area contributed by atoms with Crippen LogP contribution in [0.15, 0.2) is 0 Å². The second-order valence-electron chi connectivity index (χ2n) is 3.96. The summed E-state index contributed by atoms with van der Waals surface area (Å²) in [4.78, 5) is 13.5. The molecular formula is C11H21NO2. The van der Waals surface area contributed by atoms with E-state index in [4.69, 9.17) is 4.74 Å². The lowest BCUT2D eigenvalue weighted by Gasteiger charge is -2.15. The number of nitrogens with zero attached hydrogens (tertiary/aromatic N) is 1. The maximum absolute atomic E-state index is 11.6. The molecule has 0 N–H and O–H groups in total. The maximum Gasteiger partial charge on any atom is 0.248 e. The van der Waals surface area contributed by atoms with Crippen LogP contribution >= 0.6 is 0 Å². The second-order valence-corrected chi connectivity index (χ2v) is 3.96. The summed E-state index contributed by atoms with van der Waals surface area (Å²) < 4.78 is 5.23. The number of amides is 1. The fourth-order valence-corrected chi connectivity index (χ4v) is 1.79. The molecule has 0 saturated carbocycles. The van der Waals surface area contributed by atoms with E-state index in [1.807, 2.05) is 11.8 Å². The van der Waals surface area contributed by atoms with E-state index in [0.29, 0.717) is 12.5 Å². The summed E-state index contributed by atoms with van der Waals surface area (Å²) in [5.41, 5.74) is 0. The van der Waals surface area contributed by atoms with E-state index in [-0.39, 0.29) is 12.5 Å². The lowest BCUT2D eigenvalue weighted by molar-refractivity contribution is -0.135. The van der Waals surface area contributed by atoms with Crippen LogP contribution in [0.25, 0.3) is 0 Å². The molecule has 1 saturated heterocycles. The Morgan fingerprint density at radius 1 is 1.50 bits per heavy atom. The van der Waals surface area contributed by atoms with Gasteiger partial charge < -0.3 is 9.64 Å². The van der Waals surface area contributed by atoms with Crippen molar-refractivity contribution in [1.82, 2.24) is 4.90 Å². The predicted molar refractivity (Wildman–Crippen MR) is 56.1 cm³/mol. The molecule has 0 aromatic carbocycles. The van der Waals surface area contributed by atoms with Crippen LogP contribution in [0.1, 0.15) is 33.1 Å². The normalized spacial score (nSPS) is 21.6. The number of hydrogen-bond acceptors (Lipinski definition) is 2. The minimum absolute atomic E-state index is 0.161. The van der Waals surface area contributed by atoms with Crippen LogP contribution in [0.3, 0.4) is 0 Å². The van der Waals surface area contributed by atoms with Crippen molar-refractivity contribution >= 4 is 5.91 Å². The molecule has 1 fully saturated rings. The summed E-state index contributed by atoms with van der Waals surface area (Å²) in [7, 11) is 0. The topological polar surface area (TPSA) is 29.5 Å². The third-order valence-corrected chi connectivity index (χ3v) is 2.79. The zero-order valence-electron chi connectivity index (χ0n) is 9.29. The summed E-state index contributed by atoms with van der Waals surface area (Å²) in [5.74, 6) is 0.875. The second kappa shape index (κ2) is 6.02. The van der Waals surface area contributed by atoms with Gasteiger partial charge in [-0.25, -0.2) is 0 Å². The highest BCUT2D eigenvalue weighted by molar-refractivity contribution is 5.77. The largest absolute Gasteiger partial charge is 0.372 e. The number of rotatable bonds is 5. The average molecular weight is 199 g/mol. The van der Waals surface area contributed by atoms with E-state index in [9.17, 15) is 4.79 Å². The molecule has 3 nitrogen and oxygen atoms in total. The molecule has 0 spiro atoms. The molecule has 1 heterocycles. The fourth-order valence-electron chi connectivity index (χ4n) is 1.79. The quantitative estimate of drug-likeness (QED) is 0.630. The van der Waals surface area contributed by atoms with Crippen LogP contribution in [0.4, 0.5) is 0 Å². The monoisotopic (exact) mass is 199 g/mol. The Kier molecular flexibility index (Phi) is 4.94. The molecule has 0 aliphatic carbocycles. The van der Waals surface area contributed by atoms with Gasteiger partial charge in [-0.05, 0) is 18.8 Å². The van der Waals surface area contributed by atoms with Gasteiger partial charge in [-0.2, -0.15) is 0 Å². The Bertz CT molecular complexity index is 182. The number of ether oxygens (including phenoxy) is 1. The van der Waals surface area contributed by atoms with Crippen LogP contribution in [-0.4, -0.2) is 37.1 Å². The molecule has 0 bridgehead atoms. The first-order valence-electron chi connectivity index (χ1n) is 5.63. The van der Waals surface area contributed by atoms with E-state index < -0.39 is 0 Å². The highest BCUT2D eigenvalue weighted by atomic mass is 16.5. The molecule has 14 heavy (non-hydrogen) atoms. The van der Waals surface area contributed by atoms with Crippen molar-refractivity contribution in [3.63, 3.8) is 0 Å². The molecule has 1 rings (SSSR count). The molecule has 1 aliphatic rings. The SMILES string of the molecule is CCCOCC(=O)N1CCC(CC)C1. The molecule has 82 valence electrons. The minimum atomic E-state index is 0.161. The smallest absolute Gasteiger partial charge is 0.248 e. The number of likely N-dealkylation sites (tertiary alicyclic amines) is 1. The summed E-state index contributed by atoms with van der Waals surface area (Å²) in [6, 6.07) is 0. The highest BCUT2D eigenvalue weighted by Gasteiger charge is 2.24. The highest BCUT2D eigenvalue weighted by Crippen LogP contribution is 2.18. The Balaban J connectivity index is 2.18. The zero-order chi connectivity index (χ0) is 10.4. The summed E-state index contributed by atoms with van der Waals surface area (Å²) in [5, 5.41) is 0. The first-order chi connectivity index (χ1) is 6.77. The molecule has 1 atom stereocenters. The molecule has 0 radical (unpaired) electrons. The minimum Gasteiger partial charge on any atom is -0.372 e. The predicted octanol–water partition coefficient (Wildman–Crippen LogP) is 1.67. The van der Waals surface area contributed by atoms with Gasteiger partial charge in [0.2, 0.25) is 5.91 Å². The van der Waals surface area contributed by atoms with Crippen LogP contribution < -0.4 is 0 Å². The lowest BCUT2D eigenvalue weighted by atomic mass is 10.1. The Labute approximate surface area is 86.4 Å². The van der Waals surface area contributed by atoms with Crippen LogP contribution in [0, 0.1) is 5.92 Å². The van der Waals surface area contributed by atoms with E-state index in [2.05, 4.69) is 6.92 Å². The van der Waals surface area contributed by atoms with Gasteiger partial charge in [0.15, 0.2) is 0 Å². The summed E-state index contributed by atoms with van der Waals surface area (Å²) >= 11 is 0. The third-order valence-electron chi connectivity index (χ3n) is 2.79. The number of carbonyl (C=O) groups excluding carboxylic acids is 1. The van der Waals surface area contributed by atoms with Gasteiger partial charge in [0.05, 0.1) is 0 Å². The van der Waals surface area contributed by atoms with Crippen molar-refractivity contribution in [2.45, 2.75) is 33.1 Å². The maximum atomic E-state index is 11.6. The van der Waals surface area contributed by atoms with Crippen molar-refractivity contribution in [3.05, 3.63) is 0 Å². The van der Waals surface area contributed by atoms with E-state index in [1.54, 1.807) is 0 Å². The Hall–Kier alpha value is -0.570. The van der Waals surface area contributed by atoms with Crippen molar-refractivity contribution in [3.8, 4) is 0 Å². The van der Waals surface area contributed by atoms with Gasteiger partial charge in [-0.1, -0.05) is 20.3 Å². The first kappa shape index (κ1) is 11.5. The molecular weight excluding hydrogens is 178 g/mol. The first-order valence-corrected chi connectivity index (χ1v) is 5.63. The molecule has 1 unspecified atom stereocenters. The van der Waals surface area contributed by atoms with Crippen LogP contribution in [0.2, 0.25) is 0 Å². The summed E-state index contributed by atoms with van der Waals surface area (Å²) in [6.45, 7) is 7.05. The van der Waals surface area contributed by atoms with Gasteiger partial charge in [0, 0.05) is 19.7 Å². The van der Waals surface area contributed by atoms with Crippen molar-refractivity contribution in [2.75, 3.05) is 26.3 Å². The van der Waals surface area contributed by atoms with Crippen molar-refractivity contribution in [2.24, 2.45) is 5.92 Å². The van der Waals surface area contributed by atoms with Gasteiger partial charge in [-0.3, -0.25) is 4.79 Å². The van der Waals surface area contributed by atoms with Crippen molar-refractivity contribution < 1.29 is 9.53 Å². The van der Waals surface area contributed by atoms with E-state index in [1.165, 1.54) is 6.42 Å². The molecule has 1 amide bonds. The molecule has 3 heteroatoms.